The van der Waals surface area contributed by atoms with Gasteiger partial charge in [0, 0.05) is 28.9 Å². The van der Waals surface area contributed by atoms with Crippen molar-refractivity contribution < 1.29 is 18.3 Å². The zero-order valence-corrected chi connectivity index (χ0v) is 14.2. The molecule has 1 N–H and O–H groups in total. The second kappa shape index (κ2) is 8.35. The van der Waals surface area contributed by atoms with Crippen molar-refractivity contribution in [1.82, 2.24) is 4.98 Å². The highest BCUT2D eigenvalue weighted by Gasteiger charge is 2.04. The molecule has 1 amide bonds. The summed E-state index contributed by atoms with van der Waals surface area (Å²) in [5.41, 5.74) is 2.35. The molecule has 0 atom stereocenters. The zero-order valence-electron chi connectivity index (χ0n) is 13.4. The van der Waals surface area contributed by atoms with Gasteiger partial charge in [-0.15, -0.1) is 11.3 Å². The maximum atomic E-state index is 12.1. The van der Waals surface area contributed by atoms with Gasteiger partial charge in [0.25, 0.3) is 0 Å². The number of amides is 1. The van der Waals surface area contributed by atoms with Crippen LogP contribution in [0, 0.1) is 0 Å². The molecule has 0 spiro atoms. The van der Waals surface area contributed by atoms with Gasteiger partial charge in [0.2, 0.25) is 5.91 Å². The molecule has 0 saturated heterocycles. The van der Waals surface area contributed by atoms with Crippen molar-refractivity contribution >= 4 is 29.0 Å². The van der Waals surface area contributed by atoms with Crippen molar-refractivity contribution in [3.05, 3.63) is 71.7 Å². The lowest BCUT2D eigenvalue weighted by atomic mass is 10.2. The van der Waals surface area contributed by atoms with Gasteiger partial charge in [-0.1, -0.05) is 12.1 Å². The van der Waals surface area contributed by atoms with Gasteiger partial charge < -0.3 is 10.1 Å². The molecule has 0 aliphatic rings. The molecule has 3 rings (SSSR count). The normalized spacial score (nSPS) is 11.0. The quantitative estimate of drug-likeness (QED) is 0.615. The number of anilines is 1. The van der Waals surface area contributed by atoms with E-state index in [0.717, 1.165) is 10.6 Å². The van der Waals surface area contributed by atoms with Gasteiger partial charge in [-0.2, -0.15) is 8.78 Å². The van der Waals surface area contributed by atoms with Gasteiger partial charge in [0.15, 0.2) is 0 Å². The molecule has 0 saturated carbocycles. The number of hydrogen-bond donors (Lipinski definition) is 1. The maximum absolute atomic E-state index is 12.1. The van der Waals surface area contributed by atoms with Crippen LogP contribution in [-0.2, 0) is 4.79 Å². The topological polar surface area (TPSA) is 51.2 Å². The molecule has 2 aromatic carbocycles. The summed E-state index contributed by atoms with van der Waals surface area (Å²) in [7, 11) is 0. The highest BCUT2D eigenvalue weighted by molar-refractivity contribution is 7.13. The molecule has 0 aliphatic carbocycles. The molecule has 3 aromatic rings. The Labute approximate surface area is 152 Å². The van der Waals surface area contributed by atoms with E-state index in [1.807, 2.05) is 17.5 Å². The number of benzene rings is 2. The van der Waals surface area contributed by atoms with Crippen molar-refractivity contribution in [3.8, 4) is 16.3 Å². The van der Waals surface area contributed by atoms with Crippen molar-refractivity contribution in [3.63, 3.8) is 0 Å². The number of ether oxygens (including phenoxy) is 1. The first kappa shape index (κ1) is 17.8. The molecule has 1 aromatic heterocycles. The first-order valence-electron chi connectivity index (χ1n) is 7.64. The summed E-state index contributed by atoms with van der Waals surface area (Å²) in [5, 5.41) is 5.58. The van der Waals surface area contributed by atoms with Gasteiger partial charge in [0.1, 0.15) is 10.8 Å². The lowest BCUT2D eigenvalue weighted by Gasteiger charge is -2.04. The Morgan fingerprint density at radius 1 is 1.12 bits per heavy atom. The highest BCUT2D eigenvalue weighted by Crippen LogP contribution is 2.23. The van der Waals surface area contributed by atoms with Crippen LogP contribution in [0.3, 0.4) is 0 Å². The van der Waals surface area contributed by atoms with Crippen molar-refractivity contribution in [2.24, 2.45) is 0 Å². The number of nitrogens with zero attached hydrogens (tertiary/aromatic N) is 1. The molecule has 26 heavy (non-hydrogen) atoms. The number of carbonyl (C=O) groups excluding carboxylic acids is 1. The minimum absolute atomic E-state index is 0.0712. The van der Waals surface area contributed by atoms with Crippen LogP contribution in [-0.4, -0.2) is 17.5 Å². The Kier molecular flexibility index (Phi) is 5.70. The van der Waals surface area contributed by atoms with E-state index in [0.29, 0.717) is 11.3 Å². The fourth-order valence-corrected chi connectivity index (χ4v) is 2.82. The van der Waals surface area contributed by atoms with Crippen LogP contribution in [0.5, 0.6) is 5.75 Å². The number of halogens is 2. The van der Waals surface area contributed by atoms with E-state index in [1.165, 1.54) is 18.2 Å². The molecule has 7 heteroatoms. The second-order valence-electron chi connectivity index (χ2n) is 5.18. The van der Waals surface area contributed by atoms with Gasteiger partial charge in [-0.3, -0.25) is 4.79 Å². The summed E-state index contributed by atoms with van der Waals surface area (Å²) in [6, 6.07) is 13.4. The van der Waals surface area contributed by atoms with Crippen LogP contribution >= 0.6 is 11.3 Å². The van der Waals surface area contributed by atoms with E-state index < -0.39 is 6.61 Å². The van der Waals surface area contributed by atoms with Crippen LogP contribution in [0.1, 0.15) is 5.56 Å². The van der Waals surface area contributed by atoms with Gasteiger partial charge in [0.05, 0.1) is 0 Å². The summed E-state index contributed by atoms with van der Waals surface area (Å²) in [6.07, 6.45) is 4.70. The highest BCUT2D eigenvalue weighted by atomic mass is 32.1. The van der Waals surface area contributed by atoms with Gasteiger partial charge in [-0.25, -0.2) is 4.98 Å². The molecule has 0 bridgehead atoms. The monoisotopic (exact) mass is 372 g/mol. The van der Waals surface area contributed by atoms with Crippen LogP contribution in [0.4, 0.5) is 14.5 Å². The lowest BCUT2D eigenvalue weighted by Crippen LogP contribution is -2.07. The fourth-order valence-electron chi connectivity index (χ4n) is 2.18. The number of nitrogens with one attached hydrogen (secondary N) is 1. The summed E-state index contributed by atoms with van der Waals surface area (Å²) < 4.78 is 28.5. The number of thiazole rings is 1. The molecule has 132 valence electrons. The summed E-state index contributed by atoms with van der Waals surface area (Å²) in [5.74, 6) is -0.221. The standard InChI is InChI=1S/C19H14F2N2O2S/c20-19(21)25-16-8-1-13(2-9-16)3-10-17(24)23-15-6-4-14(5-7-15)18-22-11-12-26-18/h1-12,19H,(H,23,24)/b10-3+. The average Bonchev–Trinajstić information content (AvgIpc) is 3.16. The van der Waals surface area contributed by atoms with Crippen molar-refractivity contribution in [2.75, 3.05) is 5.32 Å². The van der Waals surface area contributed by atoms with E-state index in [2.05, 4.69) is 15.0 Å². The van der Waals surface area contributed by atoms with Gasteiger partial charge >= 0.3 is 6.61 Å². The third-order valence-electron chi connectivity index (χ3n) is 3.36. The van der Waals surface area contributed by atoms with Crippen molar-refractivity contribution in [1.29, 1.82) is 0 Å². The third kappa shape index (κ3) is 4.97. The van der Waals surface area contributed by atoms with Gasteiger partial charge in [-0.05, 0) is 48.0 Å². The number of hydrogen-bond acceptors (Lipinski definition) is 4. The van der Waals surface area contributed by atoms with E-state index in [1.54, 1.807) is 47.9 Å². The van der Waals surface area contributed by atoms with Crippen LogP contribution < -0.4 is 10.1 Å². The Balaban J connectivity index is 1.57. The Hall–Kier alpha value is -3.06. The SMILES string of the molecule is O=C(/C=C/c1ccc(OC(F)F)cc1)Nc1ccc(-c2nccs2)cc1. The minimum Gasteiger partial charge on any atom is -0.435 e. The Morgan fingerprint density at radius 2 is 1.85 bits per heavy atom. The van der Waals surface area contributed by atoms with Crippen LogP contribution in [0.2, 0.25) is 0 Å². The molecule has 0 fully saturated rings. The average molecular weight is 372 g/mol. The minimum atomic E-state index is -2.86. The first-order valence-corrected chi connectivity index (χ1v) is 8.52. The van der Waals surface area contributed by atoms with Crippen LogP contribution in [0.15, 0.2) is 66.2 Å². The van der Waals surface area contributed by atoms with E-state index >= 15 is 0 Å². The summed E-state index contributed by atoms with van der Waals surface area (Å²) in [4.78, 5) is 16.2. The van der Waals surface area contributed by atoms with Crippen molar-refractivity contribution in [2.45, 2.75) is 6.61 Å². The number of alkyl halides is 2. The molecule has 1 heterocycles. The lowest BCUT2D eigenvalue weighted by molar-refractivity contribution is -0.111. The van der Waals surface area contributed by atoms with E-state index in [-0.39, 0.29) is 11.7 Å². The maximum Gasteiger partial charge on any atom is 0.387 e. The molecule has 0 radical (unpaired) electrons. The fraction of sp³-hybridized carbons (Fsp3) is 0.0526. The predicted octanol–water partition coefficient (Wildman–Crippen LogP) is 5.06. The van der Waals surface area contributed by atoms with Crippen LogP contribution in [0.25, 0.3) is 16.6 Å². The number of carbonyl (C=O) groups is 1. The Morgan fingerprint density at radius 3 is 2.46 bits per heavy atom. The third-order valence-corrected chi connectivity index (χ3v) is 4.19. The number of aromatic nitrogens is 1. The second-order valence-corrected chi connectivity index (χ2v) is 6.08. The number of rotatable bonds is 6. The molecule has 0 aliphatic heterocycles. The summed E-state index contributed by atoms with van der Waals surface area (Å²) >= 11 is 1.55. The van der Waals surface area contributed by atoms with E-state index in [4.69, 9.17) is 0 Å². The smallest absolute Gasteiger partial charge is 0.387 e. The largest absolute Gasteiger partial charge is 0.435 e. The molecule has 4 nitrogen and oxygen atoms in total. The summed E-state index contributed by atoms with van der Waals surface area (Å²) in [6.45, 7) is -2.86. The first-order chi connectivity index (χ1) is 12.6. The molecular formula is C19H14F2N2O2S. The molecular weight excluding hydrogens is 358 g/mol. The van der Waals surface area contributed by atoms with E-state index in [9.17, 15) is 13.6 Å². The predicted molar refractivity (Wildman–Crippen MR) is 98.3 cm³/mol. The Bertz CT molecular complexity index is 877. The molecule has 0 unspecified atom stereocenters. The zero-order chi connectivity index (χ0) is 18.4.